The summed E-state index contributed by atoms with van der Waals surface area (Å²) in [6.45, 7) is 8.44. The van der Waals surface area contributed by atoms with Gasteiger partial charge in [-0.1, -0.05) is 68.9 Å². The van der Waals surface area contributed by atoms with Gasteiger partial charge < -0.3 is 14.6 Å². The van der Waals surface area contributed by atoms with Gasteiger partial charge >= 0.3 is 11.9 Å². The Balaban J connectivity index is 1.75. The number of rotatable bonds is 10. The van der Waals surface area contributed by atoms with Gasteiger partial charge in [0.25, 0.3) is 5.78 Å². The minimum atomic E-state index is -0.934. The molecule has 1 aliphatic rings. The lowest BCUT2D eigenvalue weighted by Crippen LogP contribution is -2.29. The summed E-state index contributed by atoms with van der Waals surface area (Å²) in [5, 5.41) is 11.5. The molecule has 2 heterocycles. The first-order valence-electron chi connectivity index (χ1n) is 13.0. The van der Waals surface area contributed by atoms with Crippen LogP contribution in [-0.4, -0.2) is 41.0 Å². The summed E-state index contributed by atoms with van der Waals surface area (Å²) in [4.78, 5) is 45.4. The molecule has 0 spiro atoms. The average molecular weight is 549 g/mol. The van der Waals surface area contributed by atoms with Crippen LogP contribution in [0.5, 0.6) is 5.75 Å². The first-order valence-corrected chi connectivity index (χ1v) is 13.8. The number of hydrogen-bond acceptors (Lipinski definition) is 8. The Bertz CT molecular complexity index is 1380. The van der Waals surface area contributed by atoms with Crippen LogP contribution in [-0.2, 0) is 14.3 Å². The Morgan fingerprint density at radius 1 is 1.10 bits per heavy atom. The van der Waals surface area contributed by atoms with E-state index in [4.69, 9.17) is 9.47 Å². The summed E-state index contributed by atoms with van der Waals surface area (Å²) in [5.41, 5.74) is 1.35. The van der Waals surface area contributed by atoms with E-state index in [0.29, 0.717) is 29.2 Å². The van der Waals surface area contributed by atoms with Crippen LogP contribution in [0.3, 0.4) is 0 Å². The van der Waals surface area contributed by atoms with E-state index in [1.54, 1.807) is 55.5 Å². The van der Waals surface area contributed by atoms with Crippen molar-refractivity contribution in [3.8, 4) is 5.75 Å². The average Bonchev–Trinajstić information content (AvgIpc) is 3.44. The Morgan fingerprint density at radius 3 is 2.44 bits per heavy atom. The highest BCUT2D eigenvalue weighted by atomic mass is 32.1. The van der Waals surface area contributed by atoms with Gasteiger partial charge in [0.2, 0.25) is 0 Å². The minimum Gasteiger partial charge on any atom is -0.507 e. The number of aryl methyl sites for hydroxylation is 1. The third-order valence-electron chi connectivity index (χ3n) is 6.18. The first-order chi connectivity index (χ1) is 18.7. The van der Waals surface area contributed by atoms with E-state index in [0.717, 1.165) is 24.2 Å². The fourth-order valence-corrected chi connectivity index (χ4v) is 5.15. The van der Waals surface area contributed by atoms with E-state index in [-0.39, 0.29) is 33.9 Å². The Hall–Kier alpha value is -3.98. The molecular formula is C30H32N2O6S. The van der Waals surface area contributed by atoms with Gasteiger partial charge in [-0.3, -0.25) is 14.5 Å². The number of carbonyl (C=O) groups is 3. The second kappa shape index (κ2) is 12.3. The molecular weight excluding hydrogens is 516 g/mol. The van der Waals surface area contributed by atoms with E-state index < -0.39 is 23.7 Å². The summed E-state index contributed by atoms with van der Waals surface area (Å²) >= 11 is 0.988. The van der Waals surface area contributed by atoms with Crippen molar-refractivity contribution in [2.75, 3.05) is 18.1 Å². The van der Waals surface area contributed by atoms with Crippen LogP contribution in [0.2, 0.25) is 0 Å². The zero-order valence-electron chi connectivity index (χ0n) is 22.5. The molecule has 1 fully saturated rings. The van der Waals surface area contributed by atoms with Crippen molar-refractivity contribution in [2.24, 2.45) is 5.92 Å². The second-order valence-electron chi connectivity index (χ2n) is 9.71. The molecule has 4 rings (SSSR count). The van der Waals surface area contributed by atoms with Gasteiger partial charge in [-0.25, -0.2) is 9.78 Å². The molecule has 1 N–H and O–H groups in total. The van der Waals surface area contributed by atoms with Crippen LogP contribution < -0.4 is 9.64 Å². The van der Waals surface area contributed by atoms with Crippen LogP contribution in [0.25, 0.3) is 5.76 Å². The number of hydrogen-bond donors (Lipinski definition) is 1. The topological polar surface area (TPSA) is 106 Å². The predicted octanol–water partition coefficient (Wildman–Crippen LogP) is 6.07. The number of carbonyl (C=O) groups excluding carboxylic acids is 3. The number of amides is 1. The number of ether oxygens (including phenoxy) is 2. The number of anilines is 1. The third kappa shape index (κ3) is 6.04. The molecule has 39 heavy (non-hydrogen) atoms. The minimum absolute atomic E-state index is 0.0531. The highest BCUT2D eigenvalue weighted by molar-refractivity contribution is 7.17. The van der Waals surface area contributed by atoms with Crippen molar-refractivity contribution in [3.05, 3.63) is 81.9 Å². The summed E-state index contributed by atoms with van der Waals surface area (Å²) < 4.78 is 11.1. The number of ketones is 1. The zero-order valence-corrected chi connectivity index (χ0v) is 23.3. The maximum Gasteiger partial charge on any atom is 0.350 e. The van der Waals surface area contributed by atoms with Gasteiger partial charge in [-0.2, -0.15) is 0 Å². The number of esters is 1. The molecule has 1 saturated heterocycles. The monoisotopic (exact) mass is 548 g/mol. The number of nitrogens with zero attached hydrogens (tertiary/aromatic N) is 2. The molecule has 0 aliphatic carbocycles. The quantitative estimate of drug-likeness (QED) is 0.108. The molecule has 0 radical (unpaired) electrons. The van der Waals surface area contributed by atoms with E-state index in [1.807, 2.05) is 19.9 Å². The molecule has 1 atom stereocenters. The van der Waals surface area contributed by atoms with Crippen molar-refractivity contribution in [1.29, 1.82) is 0 Å². The standard InChI is InChI=1S/C30H32N2O6S/c1-5-6-16-37-22-14-12-21(13-15-22)25(33)23-24(20-10-8-7-9-11-20)32(28(35)26(23)34)30-31-19(4)27(39-30)29(36)38-17-18(2)3/h7-15,18,24,33H,5-6,16-17H2,1-4H3/b25-23-. The molecule has 8 nitrogen and oxygen atoms in total. The zero-order chi connectivity index (χ0) is 28.1. The molecule has 9 heteroatoms. The number of thiazole rings is 1. The normalized spacial score (nSPS) is 16.6. The molecule has 3 aromatic rings. The van der Waals surface area contributed by atoms with Crippen molar-refractivity contribution < 1.29 is 29.0 Å². The van der Waals surface area contributed by atoms with E-state index >= 15 is 0 Å². The highest BCUT2D eigenvalue weighted by Crippen LogP contribution is 2.44. The lowest BCUT2D eigenvalue weighted by Gasteiger charge is -2.23. The van der Waals surface area contributed by atoms with Crippen LogP contribution >= 0.6 is 11.3 Å². The fourth-order valence-electron chi connectivity index (χ4n) is 4.16. The van der Waals surface area contributed by atoms with Crippen molar-refractivity contribution in [1.82, 2.24) is 4.98 Å². The molecule has 1 amide bonds. The smallest absolute Gasteiger partial charge is 0.350 e. The lowest BCUT2D eigenvalue weighted by atomic mass is 9.95. The van der Waals surface area contributed by atoms with Crippen molar-refractivity contribution >= 4 is 39.9 Å². The van der Waals surface area contributed by atoms with Gasteiger partial charge in [0.15, 0.2) is 5.13 Å². The number of aliphatic hydroxyl groups is 1. The maximum absolute atomic E-state index is 13.4. The predicted molar refractivity (Wildman–Crippen MR) is 150 cm³/mol. The van der Waals surface area contributed by atoms with Gasteiger partial charge in [-0.15, -0.1) is 0 Å². The van der Waals surface area contributed by atoms with Crippen LogP contribution in [0.4, 0.5) is 5.13 Å². The summed E-state index contributed by atoms with van der Waals surface area (Å²) in [6.07, 6.45) is 1.94. The van der Waals surface area contributed by atoms with Gasteiger partial charge in [-0.05, 0) is 49.1 Å². The van der Waals surface area contributed by atoms with E-state index in [1.165, 1.54) is 4.90 Å². The maximum atomic E-state index is 13.4. The largest absolute Gasteiger partial charge is 0.507 e. The molecule has 0 bridgehead atoms. The number of benzene rings is 2. The highest BCUT2D eigenvalue weighted by Gasteiger charge is 2.48. The van der Waals surface area contributed by atoms with E-state index in [9.17, 15) is 19.5 Å². The Labute approximate surface area is 231 Å². The Kier molecular flexibility index (Phi) is 8.81. The van der Waals surface area contributed by atoms with Gasteiger partial charge in [0.05, 0.1) is 30.5 Å². The van der Waals surface area contributed by atoms with Crippen LogP contribution in [0, 0.1) is 12.8 Å². The number of unbranched alkanes of at least 4 members (excludes halogenated alkanes) is 1. The van der Waals surface area contributed by atoms with E-state index in [2.05, 4.69) is 11.9 Å². The van der Waals surface area contributed by atoms with Crippen LogP contribution in [0.15, 0.2) is 60.2 Å². The van der Waals surface area contributed by atoms with Crippen LogP contribution in [0.1, 0.15) is 66.1 Å². The molecule has 1 unspecified atom stereocenters. The van der Waals surface area contributed by atoms with Gasteiger partial charge in [0.1, 0.15) is 16.4 Å². The number of aromatic nitrogens is 1. The molecule has 1 aliphatic heterocycles. The molecule has 2 aromatic carbocycles. The number of Topliss-reactive ketones (excluding diaryl/α,β-unsaturated/α-hetero) is 1. The molecule has 0 saturated carbocycles. The third-order valence-corrected chi connectivity index (χ3v) is 7.32. The summed E-state index contributed by atoms with van der Waals surface area (Å²) in [6, 6.07) is 14.8. The SMILES string of the molecule is CCCCOc1ccc(/C(O)=C2/C(=O)C(=O)N(c3nc(C)c(C(=O)OCC(C)C)s3)C2c2ccccc2)cc1. The molecule has 1 aromatic heterocycles. The van der Waals surface area contributed by atoms with Crippen molar-refractivity contribution in [3.63, 3.8) is 0 Å². The first kappa shape index (κ1) is 28.0. The molecule has 204 valence electrons. The number of aliphatic hydroxyl groups excluding tert-OH is 1. The second-order valence-corrected chi connectivity index (χ2v) is 10.7. The van der Waals surface area contributed by atoms with Crippen molar-refractivity contribution in [2.45, 2.75) is 46.6 Å². The fraction of sp³-hybridized carbons (Fsp3) is 0.333. The Morgan fingerprint density at radius 2 is 1.79 bits per heavy atom. The van der Waals surface area contributed by atoms with Gasteiger partial charge in [0, 0.05) is 5.56 Å². The summed E-state index contributed by atoms with van der Waals surface area (Å²) in [7, 11) is 0. The summed E-state index contributed by atoms with van der Waals surface area (Å²) in [5.74, 6) is -1.68. The lowest BCUT2D eigenvalue weighted by molar-refractivity contribution is -0.132.